The van der Waals surface area contributed by atoms with Crippen LogP contribution in [0.2, 0.25) is 0 Å². The molecule has 1 aliphatic rings. The van der Waals surface area contributed by atoms with E-state index in [9.17, 15) is 4.79 Å². The third-order valence-electron chi connectivity index (χ3n) is 3.69. The number of thiophene rings is 1. The molecule has 2 aromatic rings. The molecule has 2 aromatic heterocycles. The first-order valence-electron chi connectivity index (χ1n) is 7.29. The van der Waals surface area contributed by atoms with Crippen molar-refractivity contribution in [2.45, 2.75) is 29.9 Å². The highest BCUT2D eigenvalue weighted by atomic mass is 32.2. The van der Waals surface area contributed by atoms with Gasteiger partial charge in [0.25, 0.3) is 5.91 Å². The monoisotopic (exact) mass is 321 g/mol. The molecule has 6 heteroatoms. The van der Waals surface area contributed by atoms with Crippen LogP contribution >= 0.6 is 23.1 Å². The summed E-state index contributed by atoms with van der Waals surface area (Å²) in [5.41, 5.74) is 0. The zero-order valence-corrected chi connectivity index (χ0v) is 13.7. The number of aromatic amines is 1. The molecule has 0 aliphatic carbocycles. The summed E-state index contributed by atoms with van der Waals surface area (Å²) in [5, 5.41) is 0. The maximum atomic E-state index is 12.6. The average molecular weight is 321 g/mol. The van der Waals surface area contributed by atoms with Gasteiger partial charge in [-0.2, -0.15) is 0 Å². The van der Waals surface area contributed by atoms with Crippen molar-refractivity contribution in [3.63, 3.8) is 0 Å². The number of piperidine rings is 1. The molecule has 0 saturated carbocycles. The second-order valence-corrected chi connectivity index (χ2v) is 7.76. The third-order valence-corrected chi connectivity index (χ3v) is 5.87. The number of rotatable bonds is 4. The van der Waals surface area contributed by atoms with Crippen molar-refractivity contribution in [2.75, 3.05) is 18.8 Å². The highest BCUT2D eigenvalue weighted by Crippen LogP contribution is 2.30. The number of amides is 1. The van der Waals surface area contributed by atoms with Crippen LogP contribution in [0.1, 0.15) is 41.2 Å². The van der Waals surface area contributed by atoms with Crippen LogP contribution in [0.3, 0.4) is 0 Å². The number of H-pyrrole nitrogens is 1. The molecule has 1 aliphatic heterocycles. The molecular formula is C15H19N3OS2. The van der Waals surface area contributed by atoms with Gasteiger partial charge < -0.3 is 9.88 Å². The van der Waals surface area contributed by atoms with Gasteiger partial charge in [-0.15, -0.1) is 23.1 Å². The van der Waals surface area contributed by atoms with Gasteiger partial charge >= 0.3 is 0 Å². The second kappa shape index (κ2) is 6.66. The van der Waals surface area contributed by atoms with Crippen LogP contribution < -0.4 is 0 Å². The van der Waals surface area contributed by atoms with Crippen LogP contribution in [0.25, 0.3) is 0 Å². The van der Waals surface area contributed by atoms with Crippen molar-refractivity contribution in [3.05, 3.63) is 35.2 Å². The Balaban J connectivity index is 1.68. The fraction of sp³-hybridized carbons (Fsp3) is 0.467. The smallest absolute Gasteiger partial charge is 0.263 e. The van der Waals surface area contributed by atoms with Gasteiger partial charge in [0, 0.05) is 31.4 Å². The average Bonchev–Trinajstić information content (AvgIpc) is 3.18. The van der Waals surface area contributed by atoms with E-state index in [0.29, 0.717) is 5.92 Å². The predicted molar refractivity (Wildman–Crippen MR) is 87.2 cm³/mol. The molecule has 1 amide bonds. The Morgan fingerprint density at radius 1 is 1.57 bits per heavy atom. The van der Waals surface area contributed by atoms with E-state index >= 15 is 0 Å². The molecule has 1 fully saturated rings. The van der Waals surface area contributed by atoms with Crippen molar-refractivity contribution < 1.29 is 4.79 Å². The van der Waals surface area contributed by atoms with E-state index in [1.807, 2.05) is 17.2 Å². The molecule has 112 valence electrons. The Labute approximate surface area is 133 Å². The minimum Gasteiger partial charge on any atom is -0.348 e. The lowest BCUT2D eigenvalue weighted by Crippen LogP contribution is -2.39. The SMILES string of the molecule is CCSc1ccc(C(=O)N2CCC[C@H](c3ncc[nH]3)C2)s1. The number of carbonyl (C=O) groups excluding carboxylic acids is 1. The zero-order valence-electron chi connectivity index (χ0n) is 12.0. The summed E-state index contributed by atoms with van der Waals surface area (Å²) < 4.78 is 1.22. The Bertz CT molecular complexity index is 594. The van der Waals surface area contributed by atoms with Gasteiger partial charge in [0.2, 0.25) is 0 Å². The molecule has 0 aromatic carbocycles. The number of likely N-dealkylation sites (tertiary alicyclic amines) is 1. The van der Waals surface area contributed by atoms with E-state index in [0.717, 1.165) is 42.4 Å². The summed E-state index contributed by atoms with van der Waals surface area (Å²) in [5.74, 6) is 2.54. The lowest BCUT2D eigenvalue weighted by Gasteiger charge is -2.31. The van der Waals surface area contributed by atoms with Crippen LogP contribution in [0.15, 0.2) is 28.7 Å². The fourth-order valence-corrected chi connectivity index (χ4v) is 4.71. The summed E-state index contributed by atoms with van der Waals surface area (Å²) in [6.07, 6.45) is 5.77. The first-order valence-corrected chi connectivity index (χ1v) is 9.09. The Hall–Kier alpha value is -1.27. The van der Waals surface area contributed by atoms with Gasteiger partial charge in [0.15, 0.2) is 0 Å². The normalized spacial score (nSPS) is 18.9. The molecule has 3 heterocycles. The molecule has 1 saturated heterocycles. The number of nitrogens with zero attached hydrogens (tertiary/aromatic N) is 2. The van der Waals surface area contributed by atoms with E-state index in [4.69, 9.17) is 0 Å². The molecule has 0 unspecified atom stereocenters. The van der Waals surface area contributed by atoms with Gasteiger partial charge in [0.1, 0.15) is 5.82 Å². The number of aromatic nitrogens is 2. The highest BCUT2D eigenvalue weighted by molar-refractivity contribution is 8.01. The second-order valence-electron chi connectivity index (χ2n) is 5.12. The van der Waals surface area contributed by atoms with Gasteiger partial charge in [-0.05, 0) is 30.7 Å². The molecule has 0 spiro atoms. The summed E-state index contributed by atoms with van der Waals surface area (Å²) in [4.78, 5) is 23.0. The molecule has 21 heavy (non-hydrogen) atoms. The summed E-state index contributed by atoms with van der Waals surface area (Å²) in [6, 6.07) is 4.02. The first kappa shape index (κ1) is 14.7. The Morgan fingerprint density at radius 2 is 2.48 bits per heavy atom. The third kappa shape index (κ3) is 3.32. The number of imidazole rings is 1. The highest BCUT2D eigenvalue weighted by Gasteiger charge is 2.27. The number of nitrogens with one attached hydrogen (secondary N) is 1. The molecule has 1 atom stereocenters. The first-order chi connectivity index (χ1) is 10.3. The maximum absolute atomic E-state index is 12.6. The molecule has 0 bridgehead atoms. The predicted octanol–water partition coefficient (Wildman–Crippen LogP) is 3.60. The minimum atomic E-state index is 0.166. The van der Waals surface area contributed by atoms with E-state index < -0.39 is 0 Å². The van der Waals surface area contributed by atoms with Gasteiger partial charge in [-0.25, -0.2) is 4.98 Å². The lowest BCUT2D eigenvalue weighted by molar-refractivity contribution is 0.0709. The maximum Gasteiger partial charge on any atom is 0.263 e. The summed E-state index contributed by atoms with van der Waals surface area (Å²) in [7, 11) is 0. The van der Waals surface area contributed by atoms with Crippen molar-refractivity contribution >= 4 is 29.0 Å². The molecule has 0 radical (unpaired) electrons. The van der Waals surface area contributed by atoms with E-state index in [1.165, 1.54) is 4.21 Å². The number of hydrogen-bond acceptors (Lipinski definition) is 4. The fourth-order valence-electron chi connectivity index (χ4n) is 2.70. The summed E-state index contributed by atoms with van der Waals surface area (Å²) in [6.45, 7) is 3.75. The van der Waals surface area contributed by atoms with Crippen LogP contribution in [-0.4, -0.2) is 39.6 Å². The van der Waals surface area contributed by atoms with Gasteiger partial charge in [-0.1, -0.05) is 6.92 Å². The number of carbonyl (C=O) groups is 1. The Kier molecular flexibility index (Phi) is 4.65. The van der Waals surface area contributed by atoms with Crippen molar-refractivity contribution in [1.82, 2.24) is 14.9 Å². The van der Waals surface area contributed by atoms with Crippen molar-refractivity contribution in [3.8, 4) is 0 Å². The van der Waals surface area contributed by atoms with Crippen LogP contribution in [0, 0.1) is 0 Å². The van der Waals surface area contributed by atoms with Crippen LogP contribution in [-0.2, 0) is 0 Å². The molecule has 3 rings (SSSR count). The molecular weight excluding hydrogens is 302 g/mol. The van der Waals surface area contributed by atoms with Crippen LogP contribution in [0.4, 0.5) is 0 Å². The minimum absolute atomic E-state index is 0.166. The lowest BCUT2D eigenvalue weighted by atomic mass is 9.97. The largest absolute Gasteiger partial charge is 0.348 e. The van der Waals surface area contributed by atoms with Gasteiger partial charge in [-0.3, -0.25) is 4.79 Å². The van der Waals surface area contributed by atoms with Gasteiger partial charge in [0.05, 0.1) is 9.09 Å². The van der Waals surface area contributed by atoms with E-state index in [-0.39, 0.29) is 5.91 Å². The summed E-state index contributed by atoms with van der Waals surface area (Å²) >= 11 is 3.40. The van der Waals surface area contributed by atoms with E-state index in [2.05, 4.69) is 23.0 Å². The Morgan fingerprint density at radius 3 is 3.24 bits per heavy atom. The van der Waals surface area contributed by atoms with E-state index in [1.54, 1.807) is 29.3 Å². The topological polar surface area (TPSA) is 49.0 Å². The number of hydrogen-bond donors (Lipinski definition) is 1. The number of thioether (sulfide) groups is 1. The van der Waals surface area contributed by atoms with Crippen molar-refractivity contribution in [1.29, 1.82) is 0 Å². The standard InChI is InChI=1S/C15H19N3OS2/c1-2-20-13-6-5-12(21-13)15(19)18-9-3-4-11(10-18)14-16-7-8-17-14/h5-8,11H,2-4,9-10H2,1H3,(H,16,17)/t11-/m0/s1. The quantitative estimate of drug-likeness (QED) is 0.875. The molecule has 1 N–H and O–H groups in total. The molecule has 4 nitrogen and oxygen atoms in total. The van der Waals surface area contributed by atoms with Crippen LogP contribution in [0.5, 0.6) is 0 Å². The zero-order chi connectivity index (χ0) is 14.7. The van der Waals surface area contributed by atoms with Crippen molar-refractivity contribution in [2.24, 2.45) is 0 Å².